The zero-order chi connectivity index (χ0) is 46.2. The van der Waals surface area contributed by atoms with Crippen LogP contribution in [0.1, 0.15) is 174 Å². The number of nitrogens with zero attached hydrogens (tertiary/aromatic N) is 12. The van der Waals surface area contributed by atoms with Crippen molar-refractivity contribution in [3.05, 3.63) is 12.2 Å². The Labute approximate surface area is 378 Å². The maximum Gasteiger partial charge on any atom is 0.230 e. The Morgan fingerprint density at radius 3 is 1.45 bits per heavy atom. The molecule has 62 heavy (non-hydrogen) atoms. The van der Waals surface area contributed by atoms with Gasteiger partial charge in [-0.1, -0.05) is 20.3 Å². The zero-order valence-electron chi connectivity index (χ0n) is 42.9. The maximum atomic E-state index is 5.31. The van der Waals surface area contributed by atoms with Gasteiger partial charge in [0.25, 0.3) is 0 Å². The molecular formula is C48H90N14. The van der Waals surface area contributed by atoms with Crippen molar-refractivity contribution in [1.29, 1.82) is 0 Å². The molecule has 14 heteroatoms. The lowest BCUT2D eigenvalue weighted by molar-refractivity contribution is -0.0550. The van der Waals surface area contributed by atoms with E-state index in [0.717, 1.165) is 83.4 Å². The third-order valence-electron chi connectivity index (χ3n) is 15.9. The summed E-state index contributed by atoms with van der Waals surface area (Å²) in [7, 11) is 6.82. The first-order valence-corrected chi connectivity index (χ1v) is 24.2. The highest BCUT2D eigenvalue weighted by Gasteiger charge is 2.48. The number of nitrogens with one attached hydrogen (secondary N) is 2. The second-order valence-corrected chi connectivity index (χ2v) is 22.8. The van der Waals surface area contributed by atoms with Crippen molar-refractivity contribution in [2.24, 2.45) is 0 Å². The minimum atomic E-state index is 0.0167. The summed E-state index contributed by atoms with van der Waals surface area (Å²) in [6.07, 6.45) is 11.2. The van der Waals surface area contributed by atoms with E-state index >= 15 is 0 Å². The van der Waals surface area contributed by atoms with Crippen LogP contribution < -0.4 is 20.4 Å². The number of likely N-dealkylation sites (tertiary alicyclic amines) is 3. The molecule has 3 aliphatic heterocycles. The van der Waals surface area contributed by atoms with Crippen LogP contribution in [-0.2, 0) is 6.54 Å². The Morgan fingerprint density at radius 2 is 1.02 bits per heavy atom. The van der Waals surface area contributed by atoms with Crippen LogP contribution in [-0.4, -0.2) is 148 Å². The van der Waals surface area contributed by atoms with Crippen LogP contribution in [0, 0.1) is 0 Å². The van der Waals surface area contributed by atoms with Crippen molar-refractivity contribution in [3.8, 4) is 0 Å². The lowest BCUT2D eigenvalue weighted by Crippen LogP contribution is -2.64. The van der Waals surface area contributed by atoms with Gasteiger partial charge in [-0.05, 0) is 169 Å². The SMILES string of the molecule is CCCCN(C1CC(C)(C)N(C)C(C)(C)C1)C(CC)Nc1nc(CNc2ncnc(N(CC)C3CC(C)(C)N(C)C(C)(C)C3)n2)nc(N(CC)C2CC(C)(C)N(C)C(C)(C)C2)n1. The van der Waals surface area contributed by atoms with Crippen molar-refractivity contribution in [1.82, 2.24) is 49.5 Å². The number of rotatable bonds is 17. The molecule has 0 spiro atoms. The van der Waals surface area contributed by atoms with E-state index in [2.05, 4.69) is 177 Å². The van der Waals surface area contributed by atoms with E-state index in [9.17, 15) is 0 Å². The molecule has 3 aliphatic rings. The first-order chi connectivity index (χ1) is 28.7. The predicted molar refractivity (Wildman–Crippen MR) is 259 cm³/mol. The van der Waals surface area contributed by atoms with Crippen LogP contribution in [0.2, 0.25) is 0 Å². The molecule has 0 aliphatic carbocycles. The summed E-state index contributed by atoms with van der Waals surface area (Å²) < 4.78 is 0. The van der Waals surface area contributed by atoms with Crippen LogP contribution >= 0.6 is 0 Å². The van der Waals surface area contributed by atoms with Gasteiger partial charge in [-0.3, -0.25) is 19.6 Å². The van der Waals surface area contributed by atoms with Crippen molar-refractivity contribution in [2.45, 2.75) is 233 Å². The highest BCUT2D eigenvalue weighted by atomic mass is 15.4. The van der Waals surface area contributed by atoms with Crippen LogP contribution in [0.15, 0.2) is 6.33 Å². The van der Waals surface area contributed by atoms with Crippen molar-refractivity contribution >= 4 is 23.8 Å². The molecule has 0 saturated carbocycles. The maximum absolute atomic E-state index is 5.31. The normalized spacial score (nSPS) is 23.6. The molecule has 5 rings (SSSR count). The summed E-state index contributed by atoms with van der Waals surface area (Å²) in [4.78, 5) is 45.2. The molecular weight excluding hydrogens is 773 g/mol. The quantitative estimate of drug-likeness (QED) is 0.148. The summed E-state index contributed by atoms with van der Waals surface area (Å²) in [5.74, 6) is 3.23. The van der Waals surface area contributed by atoms with Crippen LogP contribution in [0.3, 0.4) is 0 Å². The Hall–Kier alpha value is -2.94. The van der Waals surface area contributed by atoms with Gasteiger partial charge in [-0.2, -0.15) is 19.9 Å². The molecule has 0 radical (unpaired) electrons. The van der Waals surface area contributed by atoms with Gasteiger partial charge < -0.3 is 20.4 Å². The van der Waals surface area contributed by atoms with Gasteiger partial charge in [-0.25, -0.2) is 9.97 Å². The van der Waals surface area contributed by atoms with Crippen LogP contribution in [0.5, 0.6) is 0 Å². The van der Waals surface area contributed by atoms with Crippen molar-refractivity contribution in [3.63, 3.8) is 0 Å². The fourth-order valence-corrected chi connectivity index (χ4v) is 11.6. The van der Waals surface area contributed by atoms with Gasteiger partial charge >= 0.3 is 0 Å². The van der Waals surface area contributed by atoms with Gasteiger partial charge in [0.15, 0.2) is 5.82 Å². The molecule has 2 aromatic rings. The van der Waals surface area contributed by atoms with Crippen molar-refractivity contribution < 1.29 is 0 Å². The van der Waals surface area contributed by atoms with Crippen LogP contribution in [0.25, 0.3) is 0 Å². The van der Waals surface area contributed by atoms with Gasteiger partial charge in [-0.15, -0.1) is 0 Å². The van der Waals surface area contributed by atoms with Gasteiger partial charge in [0, 0.05) is 71.0 Å². The molecule has 3 fully saturated rings. The smallest absolute Gasteiger partial charge is 0.230 e. The standard InChI is InChI=1S/C48H90N14/c1-20-24-25-62(36-30-47(13,14)59(19)48(15,16)31-36)38(21-2)54-40-52-37(53-42(56-40)61(23-4)35-28-45(9,10)58(18)46(11,12)29-35)32-49-39-50-33-51-41(55-39)60(22-3)34-26-43(5,6)57(17)44(7,8)27-34/h33-36,38H,20-32H2,1-19H3,(H,49,50,51,55)(H,52,53,54,56). The molecule has 14 nitrogen and oxygen atoms in total. The summed E-state index contributed by atoms with van der Waals surface area (Å²) >= 11 is 0. The highest BCUT2D eigenvalue weighted by Crippen LogP contribution is 2.42. The van der Waals surface area contributed by atoms with E-state index in [0.29, 0.717) is 42.3 Å². The molecule has 1 atom stereocenters. The fraction of sp³-hybridized carbons (Fsp3) is 0.875. The molecule has 2 N–H and O–H groups in total. The van der Waals surface area contributed by atoms with Gasteiger partial charge in [0.05, 0.1) is 12.7 Å². The minimum absolute atomic E-state index is 0.0167. The second-order valence-electron chi connectivity index (χ2n) is 22.8. The Bertz CT molecular complexity index is 1720. The third-order valence-corrected chi connectivity index (χ3v) is 15.9. The number of anilines is 4. The van der Waals surface area contributed by atoms with E-state index in [1.165, 1.54) is 0 Å². The van der Waals surface area contributed by atoms with E-state index in [-0.39, 0.29) is 45.4 Å². The molecule has 0 aromatic carbocycles. The Balaban J connectivity index is 1.49. The average Bonchev–Trinajstić information content (AvgIpc) is 3.17. The van der Waals surface area contributed by atoms with E-state index in [4.69, 9.17) is 24.9 Å². The Morgan fingerprint density at radius 1 is 0.581 bits per heavy atom. The van der Waals surface area contributed by atoms with E-state index < -0.39 is 0 Å². The first kappa shape index (κ1) is 50.1. The summed E-state index contributed by atoms with van der Waals surface area (Å²) in [5, 5.41) is 7.44. The number of aromatic nitrogens is 6. The summed E-state index contributed by atoms with van der Waals surface area (Å²) in [5.41, 5.74) is 0.285. The van der Waals surface area contributed by atoms with E-state index in [1.54, 1.807) is 6.33 Å². The third kappa shape index (κ3) is 10.9. The molecule has 0 amide bonds. The zero-order valence-corrected chi connectivity index (χ0v) is 42.9. The molecule has 5 heterocycles. The molecule has 3 saturated heterocycles. The molecule has 2 aromatic heterocycles. The summed E-state index contributed by atoms with van der Waals surface area (Å²) in [6.45, 7) is 40.5. The van der Waals surface area contributed by atoms with E-state index in [1.807, 2.05) is 0 Å². The largest absolute Gasteiger partial charge is 0.347 e. The number of piperidine rings is 3. The summed E-state index contributed by atoms with van der Waals surface area (Å²) in [6, 6.07) is 0.997. The lowest BCUT2D eigenvalue weighted by atomic mass is 9.76. The Kier molecular flexibility index (Phi) is 15.2. The van der Waals surface area contributed by atoms with Crippen LogP contribution in [0.4, 0.5) is 23.8 Å². The second kappa shape index (κ2) is 18.9. The lowest BCUT2D eigenvalue weighted by Gasteiger charge is -2.56. The highest BCUT2D eigenvalue weighted by molar-refractivity contribution is 5.41. The van der Waals surface area contributed by atoms with Gasteiger partial charge in [0.2, 0.25) is 23.8 Å². The monoisotopic (exact) mass is 863 g/mol. The molecule has 0 bridgehead atoms. The fourth-order valence-electron chi connectivity index (χ4n) is 11.6. The van der Waals surface area contributed by atoms with Gasteiger partial charge in [0.1, 0.15) is 6.33 Å². The minimum Gasteiger partial charge on any atom is -0.347 e. The van der Waals surface area contributed by atoms with Crippen molar-refractivity contribution in [2.75, 3.05) is 61.2 Å². The molecule has 352 valence electrons. The average molecular weight is 863 g/mol. The number of hydrogen-bond acceptors (Lipinski definition) is 14. The number of unbranched alkanes of at least 4 members (excludes halogenated alkanes) is 1. The first-order valence-electron chi connectivity index (χ1n) is 24.2. The topological polar surface area (TPSA) is 121 Å². The number of hydrogen-bond donors (Lipinski definition) is 2. The molecule has 1 unspecified atom stereocenters. The predicted octanol–water partition coefficient (Wildman–Crippen LogP) is 8.53.